The van der Waals surface area contributed by atoms with Crippen LogP contribution in [0.1, 0.15) is 11.3 Å². The fourth-order valence-corrected chi connectivity index (χ4v) is 1.58. The minimum atomic E-state index is -0.565. The summed E-state index contributed by atoms with van der Waals surface area (Å²) in [6, 6.07) is 3.47. The van der Waals surface area contributed by atoms with Crippen molar-refractivity contribution in [3.63, 3.8) is 0 Å². The lowest BCUT2D eigenvalue weighted by molar-refractivity contribution is 0.580. The molecule has 0 amide bonds. The van der Waals surface area contributed by atoms with Gasteiger partial charge in [-0.3, -0.25) is 4.68 Å². The topological polar surface area (TPSA) is 29.9 Å². The third-order valence-corrected chi connectivity index (χ3v) is 2.64. The van der Waals surface area contributed by atoms with Gasteiger partial charge in [0, 0.05) is 19.7 Å². The highest BCUT2D eigenvalue weighted by Crippen LogP contribution is 2.14. The van der Waals surface area contributed by atoms with Crippen molar-refractivity contribution < 1.29 is 8.78 Å². The second-order valence-electron chi connectivity index (χ2n) is 3.90. The van der Waals surface area contributed by atoms with Crippen molar-refractivity contribution in [3.8, 4) is 0 Å². The van der Waals surface area contributed by atoms with Crippen molar-refractivity contribution in [1.82, 2.24) is 9.78 Å². The number of benzene rings is 1. The molecule has 0 unspecified atom stereocenters. The molecular formula is C12H14ClF2N3. The summed E-state index contributed by atoms with van der Waals surface area (Å²) in [5.41, 5.74) is 2.39. The number of nitrogens with zero attached hydrogens (tertiary/aromatic N) is 2. The standard InChI is InChI=1S/C12H13F2N3.ClH/c1-8-12(7-16-17(8)2)15-6-9-3-10(13)5-11(14)4-9;/h3-5,7,15H,6H2,1-2H3;1H. The predicted molar refractivity (Wildman–Crippen MR) is 68.9 cm³/mol. The zero-order chi connectivity index (χ0) is 12.4. The van der Waals surface area contributed by atoms with Gasteiger partial charge >= 0.3 is 0 Å². The number of aryl methyl sites for hydroxylation is 1. The molecule has 2 rings (SSSR count). The van der Waals surface area contributed by atoms with Gasteiger partial charge in [0.1, 0.15) is 11.6 Å². The maximum atomic E-state index is 13.0. The van der Waals surface area contributed by atoms with E-state index in [-0.39, 0.29) is 12.4 Å². The number of anilines is 1. The van der Waals surface area contributed by atoms with Gasteiger partial charge in [0.05, 0.1) is 17.6 Å². The molecule has 0 spiro atoms. The number of hydrogen-bond donors (Lipinski definition) is 1. The smallest absolute Gasteiger partial charge is 0.126 e. The highest BCUT2D eigenvalue weighted by Gasteiger charge is 2.04. The largest absolute Gasteiger partial charge is 0.378 e. The van der Waals surface area contributed by atoms with Gasteiger partial charge in [0.15, 0.2) is 0 Å². The van der Waals surface area contributed by atoms with Crippen LogP contribution in [0.25, 0.3) is 0 Å². The Morgan fingerprint density at radius 1 is 1.22 bits per heavy atom. The molecule has 0 radical (unpaired) electrons. The first-order valence-corrected chi connectivity index (χ1v) is 5.23. The van der Waals surface area contributed by atoms with E-state index in [4.69, 9.17) is 0 Å². The monoisotopic (exact) mass is 273 g/mol. The van der Waals surface area contributed by atoms with E-state index in [9.17, 15) is 8.78 Å². The van der Waals surface area contributed by atoms with Crippen LogP contribution in [0.3, 0.4) is 0 Å². The molecule has 0 atom stereocenters. The van der Waals surface area contributed by atoms with Gasteiger partial charge in [-0.1, -0.05) is 0 Å². The number of rotatable bonds is 3. The second-order valence-corrected chi connectivity index (χ2v) is 3.90. The number of halogens is 3. The zero-order valence-corrected chi connectivity index (χ0v) is 10.9. The van der Waals surface area contributed by atoms with Crippen LogP contribution < -0.4 is 5.32 Å². The maximum Gasteiger partial charge on any atom is 0.126 e. The third kappa shape index (κ3) is 3.20. The Labute approximate surface area is 110 Å². The Morgan fingerprint density at radius 2 is 1.83 bits per heavy atom. The molecule has 1 aromatic heterocycles. The van der Waals surface area contributed by atoms with E-state index in [0.717, 1.165) is 17.4 Å². The van der Waals surface area contributed by atoms with Gasteiger partial charge in [0.25, 0.3) is 0 Å². The molecular weight excluding hydrogens is 260 g/mol. The van der Waals surface area contributed by atoms with Crippen molar-refractivity contribution in [2.45, 2.75) is 13.5 Å². The molecule has 0 saturated carbocycles. The van der Waals surface area contributed by atoms with E-state index in [2.05, 4.69) is 10.4 Å². The van der Waals surface area contributed by atoms with Crippen molar-refractivity contribution in [1.29, 1.82) is 0 Å². The maximum absolute atomic E-state index is 13.0. The number of nitrogens with one attached hydrogen (secondary N) is 1. The van der Waals surface area contributed by atoms with Crippen LogP contribution in [0.2, 0.25) is 0 Å². The van der Waals surface area contributed by atoms with Gasteiger partial charge in [-0.25, -0.2) is 8.78 Å². The minimum Gasteiger partial charge on any atom is -0.378 e. The highest BCUT2D eigenvalue weighted by molar-refractivity contribution is 5.85. The summed E-state index contributed by atoms with van der Waals surface area (Å²) in [5.74, 6) is -1.13. The molecule has 1 heterocycles. The Balaban J connectivity index is 0.00000162. The van der Waals surface area contributed by atoms with Gasteiger partial charge in [0.2, 0.25) is 0 Å². The summed E-state index contributed by atoms with van der Waals surface area (Å²) in [7, 11) is 1.84. The molecule has 1 aromatic carbocycles. The van der Waals surface area contributed by atoms with Crippen LogP contribution in [-0.4, -0.2) is 9.78 Å². The molecule has 6 heteroatoms. The van der Waals surface area contributed by atoms with Crippen molar-refractivity contribution in [3.05, 3.63) is 47.3 Å². The lowest BCUT2D eigenvalue weighted by atomic mass is 10.2. The normalized spacial score (nSPS) is 10.0. The summed E-state index contributed by atoms with van der Waals surface area (Å²) in [6.45, 7) is 2.28. The lowest BCUT2D eigenvalue weighted by Crippen LogP contribution is -2.02. The number of hydrogen-bond acceptors (Lipinski definition) is 2. The van der Waals surface area contributed by atoms with E-state index in [0.29, 0.717) is 12.1 Å². The zero-order valence-electron chi connectivity index (χ0n) is 10.1. The van der Waals surface area contributed by atoms with Crippen LogP contribution in [0.5, 0.6) is 0 Å². The van der Waals surface area contributed by atoms with Gasteiger partial charge in [-0.2, -0.15) is 5.10 Å². The summed E-state index contributed by atoms with van der Waals surface area (Å²) < 4.78 is 27.6. The van der Waals surface area contributed by atoms with Crippen LogP contribution in [0.15, 0.2) is 24.4 Å². The predicted octanol–water partition coefficient (Wildman–Crippen LogP) is 3.04. The molecule has 0 aliphatic carbocycles. The Bertz CT molecular complexity index is 520. The first-order chi connectivity index (χ1) is 8.06. The first kappa shape index (κ1) is 14.4. The molecule has 0 aliphatic rings. The minimum absolute atomic E-state index is 0. The van der Waals surface area contributed by atoms with E-state index in [1.807, 2.05) is 14.0 Å². The molecule has 18 heavy (non-hydrogen) atoms. The lowest BCUT2D eigenvalue weighted by Gasteiger charge is -2.06. The molecule has 0 bridgehead atoms. The Hall–Kier alpha value is -1.62. The van der Waals surface area contributed by atoms with Gasteiger partial charge < -0.3 is 5.32 Å². The highest BCUT2D eigenvalue weighted by atomic mass is 35.5. The molecule has 0 saturated heterocycles. The summed E-state index contributed by atoms with van der Waals surface area (Å²) in [6.07, 6.45) is 1.69. The molecule has 0 fully saturated rings. The molecule has 3 nitrogen and oxygen atoms in total. The van der Waals surface area contributed by atoms with Gasteiger partial charge in [-0.05, 0) is 24.6 Å². The van der Waals surface area contributed by atoms with E-state index >= 15 is 0 Å². The average Bonchev–Trinajstić information content (AvgIpc) is 2.56. The van der Waals surface area contributed by atoms with Crippen molar-refractivity contribution >= 4 is 18.1 Å². The van der Waals surface area contributed by atoms with E-state index < -0.39 is 11.6 Å². The van der Waals surface area contributed by atoms with Crippen molar-refractivity contribution in [2.75, 3.05) is 5.32 Å². The molecule has 0 aliphatic heterocycles. The van der Waals surface area contributed by atoms with Crippen LogP contribution >= 0.6 is 12.4 Å². The fourth-order valence-electron chi connectivity index (χ4n) is 1.58. The first-order valence-electron chi connectivity index (χ1n) is 5.23. The van der Waals surface area contributed by atoms with E-state index in [1.54, 1.807) is 10.9 Å². The third-order valence-electron chi connectivity index (χ3n) is 2.64. The SMILES string of the molecule is Cc1c(NCc2cc(F)cc(F)c2)cnn1C.Cl. The Kier molecular flexibility index (Phi) is 4.67. The average molecular weight is 274 g/mol. The van der Waals surface area contributed by atoms with Crippen LogP contribution in [-0.2, 0) is 13.6 Å². The molecule has 1 N–H and O–H groups in total. The molecule has 98 valence electrons. The Morgan fingerprint density at radius 3 is 2.33 bits per heavy atom. The van der Waals surface area contributed by atoms with Crippen molar-refractivity contribution in [2.24, 2.45) is 7.05 Å². The van der Waals surface area contributed by atoms with E-state index in [1.165, 1.54) is 12.1 Å². The summed E-state index contributed by atoms with van der Waals surface area (Å²) in [5, 5.41) is 7.16. The van der Waals surface area contributed by atoms with Gasteiger partial charge in [-0.15, -0.1) is 12.4 Å². The van der Waals surface area contributed by atoms with Crippen LogP contribution in [0.4, 0.5) is 14.5 Å². The summed E-state index contributed by atoms with van der Waals surface area (Å²) >= 11 is 0. The van der Waals surface area contributed by atoms with Crippen LogP contribution in [0, 0.1) is 18.6 Å². The summed E-state index contributed by atoms with van der Waals surface area (Å²) in [4.78, 5) is 0. The number of aromatic nitrogens is 2. The second kappa shape index (κ2) is 5.82. The quantitative estimate of drug-likeness (QED) is 0.932. The fraction of sp³-hybridized carbons (Fsp3) is 0.250. The molecule has 2 aromatic rings.